The van der Waals surface area contributed by atoms with Gasteiger partial charge in [-0.25, -0.2) is 9.59 Å². The van der Waals surface area contributed by atoms with Crippen LogP contribution in [-0.2, 0) is 16.0 Å². The van der Waals surface area contributed by atoms with Crippen LogP contribution in [0.3, 0.4) is 0 Å². The quantitative estimate of drug-likeness (QED) is 0.775. The zero-order valence-corrected chi connectivity index (χ0v) is 12.8. The molecule has 1 amide bonds. The molecule has 0 bridgehead atoms. The number of aliphatic carboxylic acids is 1. The van der Waals surface area contributed by atoms with E-state index in [1.807, 2.05) is 24.3 Å². The van der Waals surface area contributed by atoms with Crippen molar-refractivity contribution in [2.24, 2.45) is 0 Å². The molecule has 1 rings (SSSR count). The molecule has 6 heteroatoms. The second-order valence-corrected chi connectivity index (χ2v) is 5.69. The van der Waals surface area contributed by atoms with Crippen LogP contribution < -0.4 is 10.6 Å². The zero-order valence-electron chi connectivity index (χ0n) is 12.8. The Hall–Kier alpha value is -2.24. The zero-order chi connectivity index (χ0) is 16.0. The van der Waals surface area contributed by atoms with Gasteiger partial charge in [0.25, 0.3) is 0 Å². The van der Waals surface area contributed by atoms with Crippen molar-refractivity contribution in [3.63, 3.8) is 0 Å². The number of carbonyl (C=O) groups excluding carboxylic acids is 1. The van der Waals surface area contributed by atoms with Crippen molar-refractivity contribution in [1.29, 1.82) is 0 Å². The summed E-state index contributed by atoms with van der Waals surface area (Å²) in [5, 5.41) is 14.6. The summed E-state index contributed by atoms with van der Waals surface area (Å²) in [7, 11) is 1.80. The highest BCUT2D eigenvalue weighted by atomic mass is 16.6. The number of rotatable bonds is 5. The molecular formula is C15H22N2O4. The molecule has 1 unspecified atom stereocenters. The van der Waals surface area contributed by atoms with Crippen LogP contribution in [0.15, 0.2) is 24.3 Å². The molecule has 0 radical (unpaired) electrons. The number of anilines is 1. The van der Waals surface area contributed by atoms with Crippen molar-refractivity contribution in [2.75, 3.05) is 12.4 Å². The normalized spacial score (nSPS) is 12.4. The minimum absolute atomic E-state index is 0.193. The van der Waals surface area contributed by atoms with E-state index in [0.717, 1.165) is 11.3 Å². The minimum Gasteiger partial charge on any atom is -0.480 e. The second-order valence-electron chi connectivity index (χ2n) is 5.69. The minimum atomic E-state index is -1.10. The molecule has 0 aliphatic heterocycles. The van der Waals surface area contributed by atoms with Gasteiger partial charge in [-0.15, -0.1) is 0 Å². The van der Waals surface area contributed by atoms with Crippen molar-refractivity contribution in [1.82, 2.24) is 5.32 Å². The van der Waals surface area contributed by atoms with E-state index in [1.54, 1.807) is 27.8 Å². The first kappa shape index (κ1) is 16.8. The highest BCUT2D eigenvalue weighted by Gasteiger charge is 2.24. The molecule has 0 aliphatic rings. The van der Waals surface area contributed by atoms with E-state index in [2.05, 4.69) is 10.6 Å². The van der Waals surface area contributed by atoms with Crippen molar-refractivity contribution < 1.29 is 19.4 Å². The van der Waals surface area contributed by atoms with Crippen molar-refractivity contribution in [3.8, 4) is 0 Å². The summed E-state index contributed by atoms with van der Waals surface area (Å²) in [6.45, 7) is 5.16. The van der Waals surface area contributed by atoms with Crippen LogP contribution in [-0.4, -0.2) is 35.9 Å². The summed E-state index contributed by atoms with van der Waals surface area (Å²) in [6.07, 6.45) is -0.541. The van der Waals surface area contributed by atoms with Crippen LogP contribution >= 0.6 is 0 Å². The van der Waals surface area contributed by atoms with E-state index in [9.17, 15) is 14.7 Å². The Labute approximate surface area is 124 Å². The number of nitrogens with one attached hydrogen (secondary N) is 2. The summed E-state index contributed by atoms with van der Waals surface area (Å²) in [4.78, 5) is 22.9. The SMILES string of the molecule is CNc1ccc(CC(NC(=O)OC(C)(C)C)C(=O)O)cc1. The Morgan fingerprint density at radius 3 is 2.24 bits per heavy atom. The maximum atomic E-state index is 11.7. The van der Waals surface area contributed by atoms with Gasteiger partial charge in [-0.1, -0.05) is 12.1 Å². The van der Waals surface area contributed by atoms with Crippen LogP contribution in [0.5, 0.6) is 0 Å². The molecule has 1 atom stereocenters. The molecule has 1 aromatic carbocycles. The number of carboxylic acids is 1. The lowest BCUT2D eigenvalue weighted by Gasteiger charge is -2.22. The number of amides is 1. The number of carboxylic acid groups (broad SMARTS) is 1. The van der Waals surface area contributed by atoms with E-state index in [0.29, 0.717) is 0 Å². The molecule has 6 nitrogen and oxygen atoms in total. The van der Waals surface area contributed by atoms with Gasteiger partial charge in [-0.05, 0) is 38.5 Å². The van der Waals surface area contributed by atoms with E-state index < -0.39 is 23.7 Å². The molecule has 1 aromatic rings. The molecule has 0 spiro atoms. The smallest absolute Gasteiger partial charge is 0.408 e. The highest BCUT2D eigenvalue weighted by Crippen LogP contribution is 2.11. The third-order valence-corrected chi connectivity index (χ3v) is 2.67. The predicted molar refractivity (Wildman–Crippen MR) is 80.5 cm³/mol. The van der Waals surface area contributed by atoms with Crippen molar-refractivity contribution in [2.45, 2.75) is 38.8 Å². The average molecular weight is 294 g/mol. The first-order valence-corrected chi connectivity index (χ1v) is 6.70. The Kier molecular flexibility index (Phi) is 5.58. The highest BCUT2D eigenvalue weighted by molar-refractivity contribution is 5.80. The number of ether oxygens (including phenoxy) is 1. The second kappa shape index (κ2) is 6.97. The van der Waals surface area contributed by atoms with Crippen LogP contribution in [0.25, 0.3) is 0 Å². The van der Waals surface area contributed by atoms with Gasteiger partial charge in [0.1, 0.15) is 11.6 Å². The molecular weight excluding hydrogens is 272 g/mol. The molecule has 116 valence electrons. The maximum absolute atomic E-state index is 11.7. The molecule has 0 fully saturated rings. The lowest BCUT2D eigenvalue weighted by molar-refractivity contribution is -0.139. The van der Waals surface area contributed by atoms with E-state index in [1.165, 1.54) is 0 Å². The largest absolute Gasteiger partial charge is 0.480 e. The fourth-order valence-corrected chi connectivity index (χ4v) is 1.69. The van der Waals surface area contributed by atoms with Crippen LogP contribution in [0, 0.1) is 0 Å². The third-order valence-electron chi connectivity index (χ3n) is 2.67. The number of carbonyl (C=O) groups is 2. The summed E-state index contributed by atoms with van der Waals surface area (Å²) in [5.41, 5.74) is 1.09. The predicted octanol–water partition coefficient (Wildman–Crippen LogP) is 2.25. The molecule has 21 heavy (non-hydrogen) atoms. The van der Waals surface area contributed by atoms with Crippen LogP contribution in [0.2, 0.25) is 0 Å². The number of hydrogen-bond donors (Lipinski definition) is 3. The third kappa shape index (κ3) is 6.16. The van der Waals surface area contributed by atoms with Crippen LogP contribution in [0.1, 0.15) is 26.3 Å². The van der Waals surface area contributed by atoms with Crippen molar-refractivity contribution >= 4 is 17.7 Å². The number of hydrogen-bond acceptors (Lipinski definition) is 4. The van der Waals surface area contributed by atoms with Gasteiger partial charge in [0.15, 0.2) is 0 Å². The number of alkyl carbamates (subject to hydrolysis) is 1. The first-order valence-electron chi connectivity index (χ1n) is 6.70. The lowest BCUT2D eigenvalue weighted by Crippen LogP contribution is -2.44. The van der Waals surface area contributed by atoms with E-state index in [4.69, 9.17) is 4.74 Å². The topological polar surface area (TPSA) is 87.7 Å². The van der Waals surface area contributed by atoms with Gasteiger partial charge in [-0.3, -0.25) is 0 Å². The molecule has 0 aliphatic carbocycles. The monoisotopic (exact) mass is 294 g/mol. The molecule has 0 heterocycles. The molecule has 3 N–H and O–H groups in total. The van der Waals surface area contributed by atoms with Gasteiger partial charge >= 0.3 is 12.1 Å². The molecule has 0 aromatic heterocycles. The fourth-order valence-electron chi connectivity index (χ4n) is 1.69. The van der Waals surface area contributed by atoms with Gasteiger partial charge in [0.05, 0.1) is 0 Å². The Morgan fingerprint density at radius 2 is 1.81 bits per heavy atom. The number of benzene rings is 1. The average Bonchev–Trinajstić information content (AvgIpc) is 2.36. The van der Waals surface area contributed by atoms with E-state index in [-0.39, 0.29) is 6.42 Å². The van der Waals surface area contributed by atoms with Gasteiger partial charge < -0.3 is 20.5 Å². The Bertz CT molecular complexity index is 491. The standard InChI is InChI=1S/C15H22N2O4/c1-15(2,3)21-14(20)17-12(13(18)19)9-10-5-7-11(16-4)8-6-10/h5-8,12,16H,9H2,1-4H3,(H,17,20)(H,18,19). The lowest BCUT2D eigenvalue weighted by atomic mass is 10.1. The summed E-state index contributed by atoms with van der Waals surface area (Å²) in [6, 6.07) is 6.31. The van der Waals surface area contributed by atoms with Gasteiger partial charge in [0.2, 0.25) is 0 Å². The van der Waals surface area contributed by atoms with Gasteiger partial charge in [0, 0.05) is 19.2 Å². The fraction of sp³-hybridized carbons (Fsp3) is 0.467. The summed E-state index contributed by atoms with van der Waals surface area (Å²) < 4.78 is 5.07. The Morgan fingerprint density at radius 1 is 1.24 bits per heavy atom. The maximum Gasteiger partial charge on any atom is 0.408 e. The molecule has 0 saturated carbocycles. The molecule has 0 saturated heterocycles. The van der Waals surface area contributed by atoms with Gasteiger partial charge in [-0.2, -0.15) is 0 Å². The summed E-state index contributed by atoms with van der Waals surface area (Å²) >= 11 is 0. The van der Waals surface area contributed by atoms with Crippen LogP contribution in [0.4, 0.5) is 10.5 Å². The van der Waals surface area contributed by atoms with E-state index >= 15 is 0 Å². The summed E-state index contributed by atoms with van der Waals surface area (Å²) in [5.74, 6) is -1.10. The Balaban J connectivity index is 2.69. The van der Waals surface area contributed by atoms with Crippen molar-refractivity contribution in [3.05, 3.63) is 29.8 Å². The first-order chi connectivity index (χ1) is 9.71.